The van der Waals surface area contributed by atoms with Crippen LogP contribution in [0.3, 0.4) is 0 Å². The van der Waals surface area contributed by atoms with Crippen molar-refractivity contribution in [2.24, 2.45) is 7.05 Å². The third-order valence-corrected chi connectivity index (χ3v) is 3.53. The van der Waals surface area contributed by atoms with Crippen molar-refractivity contribution in [1.29, 1.82) is 0 Å². The van der Waals surface area contributed by atoms with Gasteiger partial charge < -0.3 is 19.7 Å². The SMILES string of the molecule is Cn1c(CO)cnc1SCC1CNC(=O)O1. The number of aliphatic hydroxyl groups is 1. The first-order valence-corrected chi connectivity index (χ1v) is 5.88. The summed E-state index contributed by atoms with van der Waals surface area (Å²) in [6.45, 7) is 0.521. The Hall–Kier alpha value is -1.21. The molecule has 1 aromatic rings. The van der Waals surface area contributed by atoms with Crippen molar-refractivity contribution in [3.05, 3.63) is 11.9 Å². The molecule has 7 heteroatoms. The van der Waals surface area contributed by atoms with Gasteiger partial charge in [0.25, 0.3) is 0 Å². The number of ether oxygens (including phenoxy) is 1. The molecule has 1 unspecified atom stereocenters. The first kappa shape index (κ1) is 11.3. The van der Waals surface area contributed by atoms with Gasteiger partial charge in [0.05, 0.1) is 25.0 Å². The highest BCUT2D eigenvalue weighted by Crippen LogP contribution is 2.19. The summed E-state index contributed by atoms with van der Waals surface area (Å²) in [6.07, 6.45) is 1.18. The van der Waals surface area contributed by atoms with Gasteiger partial charge in [-0.2, -0.15) is 0 Å². The van der Waals surface area contributed by atoms with Gasteiger partial charge in [-0.15, -0.1) is 0 Å². The summed E-state index contributed by atoms with van der Waals surface area (Å²) in [5.74, 6) is 0.661. The molecule has 6 nitrogen and oxygen atoms in total. The maximum absolute atomic E-state index is 10.8. The normalized spacial score (nSPS) is 19.6. The van der Waals surface area contributed by atoms with Crippen molar-refractivity contribution in [3.8, 4) is 0 Å². The lowest BCUT2D eigenvalue weighted by atomic mass is 10.4. The van der Waals surface area contributed by atoms with Crippen molar-refractivity contribution in [3.63, 3.8) is 0 Å². The average Bonchev–Trinajstić information content (AvgIpc) is 2.83. The van der Waals surface area contributed by atoms with E-state index in [9.17, 15) is 4.79 Å². The number of aliphatic hydroxyl groups excluding tert-OH is 1. The molecular formula is C9H13N3O3S. The fourth-order valence-corrected chi connectivity index (χ4v) is 2.36. The van der Waals surface area contributed by atoms with Crippen molar-refractivity contribution in [2.75, 3.05) is 12.3 Å². The van der Waals surface area contributed by atoms with E-state index >= 15 is 0 Å². The largest absolute Gasteiger partial charge is 0.443 e. The minimum Gasteiger partial charge on any atom is -0.443 e. The summed E-state index contributed by atoms with van der Waals surface area (Å²) in [6, 6.07) is 0. The summed E-state index contributed by atoms with van der Waals surface area (Å²) in [4.78, 5) is 15.0. The Bertz CT molecular complexity index is 393. The molecular weight excluding hydrogens is 230 g/mol. The number of carbonyl (C=O) groups is 1. The van der Waals surface area contributed by atoms with E-state index in [2.05, 4.69) is 10.3 Å². The van der Waals surface area contributed by atoms with Crippen molar-refractivity contribution in [2.45, 2.75) is 17.9 Å². The Balaban J connectivity index is 1.89. The maximum Gasteiger partial charge on any atom is 0.407 e. The van der Waals surface area contributed by atoms with E-state index < -0.39 is 0 Å². The highest BCUT2D eigenvalue weighted by Gasteiger charge is 2.23. The van der Waals surface area contributed by atoms with E-state index in [4.69, 9.17) is 9.84 Å². The van der Waals surface area contributed by atoms with Crippen LogP contribution < -0.4 is 5.32 Å². The van der Waals surface area contributed by atoms with Gasteiger partial charge in [-0.1, -0.05) is 11.8 Å². The Morgan fingerprint density at radius 2 is 2.62 bits per heavy atom. The molecule has 1 saturated heterocycles. The molecule has 1 amide bonds. The van der Waals surface area contributed by atoms with Gasteiger partial charge in [0.1, 0.15) is 6.10 Å². The number of aromatic nitrogens is 2. The first-order chi connectivity index (χ1) is 7.70. The number of rotatable bonds is 4. The number of alkyl carbamates (subject to hydrolysis) is 1. The lowest BCUT2D eigenvalue weighted by Gasteiger charge is -2.07. The van der Waals surface area contributed by atoms with Crippen LogP contribution in [0.4, 0.5) is 4.79 Å². The zero-order valence-corrected chi connectivity index (χ0v) is 9.66. The van der Waals surface area contributed by atoms with Gasteiger partial charge >= 0.3 is 6.09 Å². The number of hydrogen-bond donors (Lipinski definition) is 2. The number of cyclic esters (lactones) is 1. The Labute approximate surface area is 97.0 Å². The third kappa shape index (κ3) is 2.30. The van der Waals surface area contributed by atoms with Crippen LogP contribution in [0.25, 0.3) is 0 Å². The van der Waals surface area contributed by atoms with E-state index in [0.717, 1.165) is 10.9 Å². The highest BCUT2D eigenvalue weighted by molar-refractivity contribution is 7.99. The molecule has 2 rings (SSSR count). The van der Waals surface area contributed by atoms with Gasteiger partial charge in [0, 0.05) is 12.8 Å². The van der Waals surface area contributed by atoms with E-state index in [1.165, 1.54) is 11.8 Å². The van der Waals surface area contributed by atoms with E-state index in [1.54, 1.807) is 6.20 Å². The molecule has 2 heterocycles. The first-order valence-electron chi connectivity index (χ1n) is 4.89. The Kier molecular flexibility index (Phi) is 3.35. The number of imidazole rings is 1. The number of hydrogen-bond acceptors (Lipinski definition) is 5. The van der Waals surface area contributed by atoms with Gasteiger partial charge in [-0.05, 0) is 0 Å². The van der Waals surface area contributed by atoms with Gasteiger partial charge in [0.15, 0.2) is 5.16 Å². The number of nitrogens with zero attached hydrogens (tertiary/aromatic N) is 2. The second-order valence-electron chi connectivity index (χ2n) is 3.47. The molecule has 0 bridgehead atoms. The summed E-state index contributed by atoms with van der Waals surface area (Å²) in [5.41, 5.74) is 0.768. The zero-order chi connectivity index (χ0) is 11.5. The fraction of sp³-hybridized carbons (Fsp3) is 0.556. The molecule has 0 radical (unpaired) electrons. The Morgan fingerprint density at radius 3 is 3.19 bits per heavy atom. The molecule has 1 aliphatic heterocycles. The van der Waals surface area contributed by atoms with Crippen LogP contribution in [0, 0.1) is 0 Å². The predicted molar refractivity (Wildman–Crippen MR) is 58.1 cm³/mol. The van der Waals surface area contributed by atoms with E-state index in [1.807, 2.05) is 11.6 Å². The molecule has 88 valence electrons. The standard InChI is InChI=1S/C9H13N3O3S/c1-12-6(4-13)2-10-8(12)16-5-7-3-11-9(14)15-7/h2,7,13H,3-5H2,1H3,(H,11,14). The third-order valence-electron chi connectivity index (χ3n) is 2.35. The molecule has 1 aliphatic rings. The van der Waals surface area contributed by atoms with Crippen LogP contribution in [0.5, 0.6) is 0 Å². The van der Waals surface area contributed by atoms with Crippen molar-refractivity contribution >= 4 is 17.9 Å². The topological polar surface area (TPSA) is 76.4 Å². The maximum atomic E-state index is 10.8. The predicted octanol–water partition coefficient (Wildman–Crippen LogP) is 0.113. The zero-order valence-electron chi connectivity index (χ0n) is 8.84. The monoisotopic (exact) mass is 243 g/mol. The van der Waals surface area contributed by atoms with Crippen LogP contribution in [0.2, 0.25) is 0 Å². The van der Waals surface area contributed by atoms with Crippen LogP contribution in [0.15, 0.2) is 11.4 Å². The molecule has 16 heavy (non-hydrogen) atoms. The molecule has 1 atom stereocenters. The minimum atomic E-state index is -0.360. The number of amides is 1. The average molecular weight is 243 g/mol. The van der Waals surface area contributed by atoms with Crippen molar-refractivity contribution in [1.82, 2.24) is 14.9 Å². The summed E-state index contributed by atoms with van der Waals surface area (Å²) < 4.78 is 6.83. The second-order valence-corrected chi connectivity index (χ2v) is 4.46. The highest BCUT2D eigenvalue weighted by atomic mass is 32.2. The summed E-state index contributed by atoms with van der Waals surface area (Å²) in [5, 5.41) is 12.4. The molecule has 0 aliphatic carbocycles. The Morgan fingerprint density at radius 1 is 1.81 bits per heavy atom. The lowest BCUT2D eigenvalue weighted by molar-refractivity contribution is 0.150. The molecule has 1 aromatic heterocycles. The molecule has 0 saturated carbocycles. The molecule has 0 spiro atoms. The summed E-state index contributed by atoms with van der Waals surface area (Å²) in [7, 11) is 1.85. The van der Waals surface area contributed by atoms with Gasteiger partial charge in [0.2, 0.25) is 0 Å². The number of nitrogens with one attached hydrogen (secondary N) is 1. The molecule has 2 N–H and O–H groups in total. The number of carbonyl (C=O) groups excluding carboxylic acids is 1. The van der Waals surface area contributed by atoms with Crippen LogP contribution in [-0.2, 0) is 18.4 Å². The molecule has 1 fully saturated rings. The van der Waals surface area contributed by atoms with Gasteiger partial charge in [-0.25, -0.2) is 9.78 Å². The minimum absolute atomic E-state index is 0.0238. The van der Waals surface area contributed by atoms with E-state index in [0.29, 0.717) is 12.3 Å². The van der Waals surface area contributed by atoms with Gasteiger partial charge in [-0.3, -0.25) is 0 Å². The molecule has 0 aromatic carbocycles. The lowest BCUT2D eigenvalue weighted by Crippen LogP contribution is -2.17. The fourth-order valence-electron chi connectivity index (χ4n) is 1.40. The second kappa shape index (κ2) is 4.75. The quantitative estimate of drug-likeness (QED) is 0.734. The van der Waals surface area contributed by atoms with Crippen LogP contribution >= 0.6 is 11.8 Å². The number of thioether (sulfide) groups is 1. The van der Waals surface area contributed by atoms with Crippen LogP contribution in [0.1, 0.15) is 5.69 Å². The van der Waals surface area contributed by atoms with E-state index in [-0.39, 0.29) is 18.8 Å². The summed E-state index contributed by atoms with van der Waals surface area (Å²) >= 11 is 1.51. The van der Waals surface area contributed by atoms with Crippen LogP contribution in [-0.4, -0.2) is 39.2 Å². The van der Waals surface area contributed by atoms with Crippen molar-refractivity contribution < 1.29 is 14.6 Å². The smallest absolute Gasteiger partial charge is 0.407 e.